The fourth-order valence-electron chi connectivity index (χ4n) is 1.13. The van der Waals surface area contributed by atoms with E-state index < -0.39 is 25.1 Å². The van der Waals surface area contributed by atoms with Crippen LogP contribution in [0.1, 0.15) is 26.2 Å². The summed E-state index contributed by atoms with van der Waals surface area (Å²) in [5, 5.41) is 0. The molecular formula is C9H15F6NO. The summed E-state index contributed by atoms with van der Waals surface area (Å²) < 4.78 is 75.9. The molecule has 0 aliphatic heterocycles. The summed E-state index contributed by atoms with van der Waals surface area (Å²) in [6, 6.07) is -0.228. The molecule has 0 saturated carbocycles. The molecule has 2 nitrogen and oxygen atoms in total. The quantitative estimate of drug-likeness (QED) is 0.593. The van der Waals surface area contributed by atoms with E-state index >= 15 is 0 Å². The molecule has 0 saturated heterocycles. The Hall–Kier alpha value is -0.500. The van der Waals surface area contributed by atoms with Gasteiger partial charge in [0.2, 0.25) is 6.10 Å². The van der Waals surface area contributed by atoms with Crippen molar-refractivity contribution < 1.29 is 31.1 Å². The maximum atomic E-state index is 12.0. The number of nitrogens with two attached hydrogens (primary N) is 1. The highest BCUT2D eigenvalue weighted by Crippen LogP contribution is 2.35. The maximum Gasteiger partial charge on any atom is 0.423 e. The Kier molecular flexibility index (Phi) is 6.25. The zero-order valence-corrected chi connectivity index (χ0v) is 9.24. The Bertz CT molecular complexity index is 201. The molecule has 0 aromatic heterocycles. The molecule has 2 N–H and O–H groups in total. The third kappa shape index (κ3) is 6.72. The van der Waals surface area contributed by atoms with Crippen molar-refractivity contribution in [3.8, 4) is 0 Å². The van der Waals surface area contributed by atoms with E-state index in [9.17, 15) is 26.3 Å². The van der Waals surface area contributed by atoms with Gasteiger partial charge in [0, 0.05) is 12.6 Å². The second-order valence-corrected chi connectivity index (χ2v) is 3.64. The van der Waals surface area contributed by atoms with Crippen LogP contribution in [0.15, 0.2) is 0 Å². The van der Waals surface area contributed by atoms with Crippen molar-refractivity contribution in [3.63, 3.8) is 0 Å². The third-order valence-corrected chi connectivity index (χ3v) is 2.12. The summed E-state index contributed by atoms with van der Waals surface area (Å²) in [5.74, 6) is 0. The van der Waals surface area contributed by atoms with Gasteiger partial charge in [0.15, 0.2) is 0 Å². The van der Waals surface area contributed by atoms with E-state index in [2.05, 4.69) is 4.74 Å². The molecule has 1 unspecified atom stereocenters. The highest BCUT2D eigenvalue weighted by Gasteiger charge is 2.57. The standard InChI is InChI=1S/C9H15F6NO/c1-2-6(16)4-3-5-17-7(8(10,11)12)9(13,14)15/h6-7H,2-5,16H2,1H3. The number of rotatable bonds is 6. The first-order chi connectivity index (χ1) is 7.59. The van der Waals surface area contributed by atoms with Gasteiger partial charge in [0.25, 0.3) is 0 Å². The highest BCUT2D eigenvalue weighted by atomic mass is 19.4. The van der Waals surface area contributed by atoms with Gasteiger partial charge >= 0.3 is 12.4 Å². The molecule has 0 heterocycles. The molecule has 0 fully saturated rings. The van der Waals surface area contributed by atoms with Gasteiger partial charge in [-0.3, -0.25) is 0 Å². The summed E-state index contributed by atoms with van der Waals surface area (Å²) >= 11 is 0. The van der Waals surface area contributed by atoms with E-state index in [0.717, 1.165) is 0 Å². The first-order valence-electron chi connectivity index (χ1n) is 5.09. The van der Waals surface area contributed by atoms with Gasteiger partial charge in [-0.1, -0.05) is 6.92 Å². The van der Waals surface area contributed by atoms with Gasteiger partial charge in [-0.2, -0.15) is 26.3 Å². The fourth-order valence-corrected chi connectivity index (χ4v) is 1.13. The van der Waals surface area contributed by atoms with Crippen LogP contribution in [-0.2, 0) is 4.74 Å². The predicted octanol–water partition coefficient (Wildman–Crippen LogP) is 3.01. The molecule has 0 aliphatic rings. The van der Waals surface area contributed by atoms with Crippen LogP contribution in [0.2, 0.25) is 0 Å². The number of hydrogen-bond acceptors (Lipinski definition) is 2. The largest absolute Gasteiger partial charge is 0.423 e. The van der Waals surface area contributed by atoms with Crippen LogP contribution in [0.25, 0.3) is 0 Å². The smallest absolute Gasteiger partial charge is 0.361 e. The Morgan fingerprint density at radius 3 is 1.88 bits per heavy atom. The second-order valence-electron chi connectivity index (χ2n) is 3.64. The first kappa shape index (κ1) is 16.5. The highest BCUT2D eigenvalue weighted by molar-refractivity contribution is 4.76. The molecule has 17 heavy (non-hydrogen) atoms. The van der Waals surface area contributed by atoms with Crippen molar-refractivity contribution in [2.75, 3.05) is 6.61 Å². The molecule has 0 amide bonds. The SMILES string of the molecule is CCC(N)CCCOC(C(F)(F)F)C(F)(F)F. The molecule has 0 bridgehead atoms. The molecule has 8 heteroatoms. The Morgan fingerprint density at radius 1 is 1.06 bits per heavy atom. The van der Waals surface area contributed by atoms with Crippen LogP contribution < -0.4 is 5.73 Å². The number of ether oxygens (including phenoxy) is 1. The van der Waals surface area contributed by atoms with Crippen LogP contribution in [0.5, 0.6) is 0 Å². The molecule has 104 valence electrons. The third-order valence-electron chi connectivity index (χ3n) is 2.12. The summed E-state index contributed by atoms with van der Waals surface area (Å²) in [7, 11) is 0. The molecule has 0 aliphatic carbocycles. The molecule has 0 aromatic rings. The Balaban J connectivity index is 4.12. The lowest BCUT2D eigenvalue weighted by atomic mass is 10.1. The van der Waals surface area contributed by atoms with Crippen molar-refractivity contribution in [2.24, 2.45) is 5.73 Å². The maximum absolute atomic E-state index is 12.0. The minimum Gasteiger partial charge on any atom is -0.361 e. The lowest BCUT2D eigenvalue weighted by Crippen LogP contribution is -2.44. The van der Waals surface area contributed by atoms with Crippen molar-refractivity contribution in [1.82, 2.24) is 0 Å². The van der Waals surface area contributed by atoms with E-state index in [1.807, 2.05) is 0 Å². The number of alkyl halides is 6. The van der Waals surface area contributed by atoms with Crippen molar-refractivity contribution in [2.45, 2.75) is 50.7 Å². The zero-order chi connectivity index (χ0) is 13.7. The normalized spacial score (nSPS) is 15.4. The number of halogens is 6. The zero-order valence-electron chi connectivity index (χ0n) is 9.24. The van der Waals surface area contributed by atoms with Crippen LogP contribution in [0.3, 0.4) is 0 Å². The van der Waals surface area contributed by atoms with E-state index in [1.165, 1.54) is 0 Å². The summed E-state index contributed by atoms with van der Waals surface area (Å²) in [4.78, 5) is 0. The van der Waals surface area contributed by atoms with Crippen LogP contribution in [0.4, 0.5) is 26.3 Å². The number of hydrogen-bond donors (Lipinski definition) is 1. The van der Waals surface area contributed by atoms with Gasteiger partial charge < -0.3 is 10.5 Å². The fraction of sp³-hybridized carbons (Fsp3) is 1.00. The molecule has 0 aromatic carbocycles. The van der Waals surface area contributed by atoms with Crippen LogP contribution >= 0.6 is 0 Å². The van der Waals surface area contributed by atoms with Gasteiger partial charge in [-0.15, -0.1) is 0 Å². The van der Waals surface area contributed by atoms with Crippen LogP contribution in [0, 0.1) is 0 Å². The van der Waals surface area contributed by atoms with E-state index in [1.54, 1.807) is 6.92 Å². The van der Waals surface area contributed by atoms with Crippen molar-refractivity contribution >= 4 is 0 Å². The summed E-state index contributed by atoms with van der Waals surface area (Å²) in [6.45, 7) is 1.16. The van der Waals surface area contributed by atoms with Gasteiger partial charge in [0.05, 0.1) is 0 Å². The van der Waals surface area contributed by atoms with Gasteiger partial charge in [-0.25, -0.2) is 0 Å². The van der Waals surface area contributed by atoms with Crippen LogP contribution in [-0.4, -0.2) is 31.1 Å². The predicted molar refractivity (Wildman–Crippen MR) is 49.4 cm³/mol. The minimum atomic E-state index is -5.44. The van der Waals surface area contributed by atoms with E-state index in [4.69, 9.17) is 5.73 Å². The lowest BCUT2D eigenvalue weighted by molar-refractivity contribution is -0.321. The topological polar surface area (TPSA) is 35.2 Å². The molecular weight excluding hydrogens is 252 g/mol. The summed E-state index contributed by atoms with van der Waals surface area (Å²) in [5.41, 5.74) is 5.46. The van der Waals surface area contributed by atoms with E-state index in [0.29, 0.717) is 12.8 Å². The van der Waals surface area contributed by atoms with Gasteiger partial charge in [0.1, 0.15) is 0 Å². The average Bonchev–Trinajstić information content (AvgIpc) is 2.12. The lowest BCUT2D eigenvalue weighted by Gasteiger charge is -2.23. The molecule has 0 radical (unpaired) electrons. The molecule has 1 atom stereocenters. The van der Waals surface area contributed by atoms with Gasteiger partial charge in [-0.05, 0) is 19.3 Å². The first-order valence-corrected chi connectivity index (χ1v) is 5.09. The molecule has 0 spiro atoms. The Morgan fingerprint density at radius 2 is 1.53 bits per heavy atom. The van der Waals surface area contributed by atoms with E-state index in [-0.39, 0.29) is 12.5 Å². The summed E-state index contributed by atoms with van der Waals surface area (Å²) in [6.07, 6.45) is -13.6. The second kappa shape index (κ2) is 6.44. The average molecular weight is 267 g/mol. The van der Waals surface area contributed by atoms with Crippen molar-refractivity contribution in [1.29, 1.82) is 0 Å². The minimum absolute atomic E-state index is 0.0671. The monoisotopic (exact) mass is 267 g/mol. The molecule has 0 rings (SSSR count). The Labute approximate surface area is 95.1 Å². The van der Waals surface area contributed by atoms with Crippen molar-refractivity contribution in [3.05, 3.63) is 0 Å².